The van der Waals surface area contributed by atoms with Gasteiger partial charge in [0.15, 0.2) is 0 Å². The molecule has 0 amide bonds. The molecule has 0 aliphatic heterocycles. The van der Waals surface area contributed by atoms with Gasteiger partial charge in [0.25, 0.3) is 5.56 Å². The van der Waals surface area contributed by atoms with Crippen LogP contribution in [0.4, 0.5) is 4.39 Å². The van der Waals surface area contributed by atoms with Gasteiger partial charge in [-0.05, 0) is 54.9 Å². The predicted molar refractivity (Wildman–Crippen MR) is 72.7 cm³/mol. The Kier molecular flexibility index (Phi) is 1.59. The van der Waals surface area contributed by atoms with E-state index in [1.165, 1.54) is 25.0 Å². The number of halogens is 1. The fourth-order valence-electron chi connectivity index (χ4n) is 4.99. The van der Waals surface area contributed by atoms with E-state index >= 15 is 0 Å². The highest BCUT2D eigenvalue weighted by atomic mass is 19.1. The average molecular weight is 270 g/mol. The third kappa shape index (κ3) is 0.931. The number of rotatable bonds is 1. The molecular formula is C16H15FN2O. The van der Waals surface area contributed by atoms with Crippen LogP contribution in [0.15, 0.2) is 29.1 Å². The number of aromatic nitrogens is 2. The first kappa shape index (κ1) is 10.9. The standard InChI is InChI=1S/C16H15FN2O/c1-15-8-16(15)7-6-11(15)12-13(16)18-19(14(12)20)10-4-2-9(17)3-5-10/h2-5,11,18H,6-8H2,1H3/t11-,15?,16-/m1/s1. The van der Waals surface area contributed by atoms with Gasteiger partial charge in [-0.15, -0.1) is 0 Å². The highest BCUT2D eigenvalue weighted by Crippen LogP contribution is 2.82. The molecule has 1 N–H and O–H groups in total. The first-order valence-electron chi connectivity index (χ1n) is 7.18. The summed E-state index contributed by atoms with van der Waals surface area (Å²) in [7, 11) is 0. The van der Waals surface area contributed by atoms with Crippen LogP contribution in [-0.4, -0.2) is 9.78 Å². The minimum Gasteiger partial charge on any atom is -0.294 e. The summed E-state index contributed by atoms with van der Waals surface area (Å²) < 4.78 is 14.6. The molecule has 1 heterocycles. The molecule has 1 unspecified atom stereocenters. The summed E-state index contributed by atoms with van der Waals surface area (Å²) in [5.74, 6) is 0.136. The lowest BCUT2D eigenvalue weighted by molar-refractivity contribution is 0.474. The molecule has 3 aliphatic carbocycles. The summed E-state index contributed by atoms with van der Waals surface area (Å²) >= 11 is 0. The van der Waals surface area contributed by atoms with Gasteiger partial charge in [-0.1, -0.05) is 6.92 Å². The van der Waals surface area contributed by atoms with Gasteiger partial charge in [0, 0.05) is 16.7 Å². The number of nitrogens with zero attached hydrogens (tertiary/aromatic N) is 1. The molecule has 3 aliphatic rings. The minimum atomic E-state index is -0.283. The predicted octanol–water partition coefficient (Wildman–Crippen LogP) is 2.84. The molecule has 0 radical (unpaired) electrons. The van der Waals surface area contributed by atoms with E-state index < -0.39 is 0 Å². The first-order valence-corrected chi connectivity index (χ1v) is 7.18. The molecule has 20 heavy (non-hydrogen) atoms. The molecule has 2 fully saturated rings. The third-order valence-electron chi connectivity index (χ3n) is 6.10. The lowest BCUT2D eigenvalue weighted by atomic mass is 9.86. The van der Waals surface area contributed by atoms with E-state index in [2.05, 4.69) is 12.0 Å². The van der Waals surface area contributed by atoms with Gasteiger partial charge >= 0.3 is 0 Å². The molecule has 4 heteroatoms. The normalized spacial score (nSPS) is 36.0. The topological polar surface area (TPSA) is 37.8 Å². The minimum absolute atomic E-state index is 0.0594. The van der Waals surface area contributed by atoms with Crippen molar-refractivity contribution in [2.24, 2.45) is 5.41 Å². The second kappa shape index (κ2) is 2.92. The second-order valence-corrected chi connectivity index (χ2v) is 6.79. The van der Waals surface area contributed by atoms with Crippen LogP contribution in [0.3, 0.4) is 0 Å². The maximum Gasteiger partial charge on any atom is 0.274 e. The Morgan fingerprint density at radius 3 is 2.75 bits per heavy atom. The molecule has 0 saturated heterocycles. The summed E-state index contributed by atoms with van der Waals surface area (Å²) in [5, 5.41) is 3.32. The van der Waals surface area contributed by atoms with E-state index in [1.54, 1.807) is 16.8 Å². The van der Waals surface area contributed by atoms with Crippen molar-refractivity contribution in [2.45, 2.75) is 37.5 Å². The Bertz CT molecular complexity index is 799. The number of fused-ring (bicyclic) bond motifs is 2. The molecule has 2 bridgehead atoms. The van der Waals surface area contributed by atoms with Crippen LogP contribution in [0.5, 0.6) is 0 Å². The Balaban J connectivity index is 1.73. The van der Waals surface area contributed by atoms with Crippen LogP contribution in [-0.2, 0) is 5.41 Å². The van der Waals surface area contributed by atoms with E-state index in [0.717, 1.165) is 17.7 Å². The molecular weight excluding hydrogens is 255 g/mol. The Morgan fingerprint density at radius 1 is 1.35 bits per heavy atom. The Hall–Kier alpha value is -1.84. The van der Waals surface area contributed by atoms with Crippen molar-refractivity contribution in [3.05, 3.63) is 51.7 Å². The van der Waals surface area contributed by atoms with Crippen molar-refractivity contribution in [3.63, 3.8) is 0 Å². The van der Waals surface area contributed by atoms with E-state index in [0.29, 0.717) is 17.0 Å². The number of H-pyrrole nitrogens is 1. The average Bonchev–Trinajstić information content (AvgIpc) is 2.68. The zero-order chi connectivity index (χ0) is 13.7. The van der Waals surface area contributed by atoms with Gasteiger partial charge in [-0.2, -0.15) is 0 Å². The monoisotopic (exact) mass is 270 g/mol. The van der Waals surface area contributed by atoms with Gasteiger partial charge in [0.2, 0.25) is 0 Å². The maximum absolute atomic E-state index is 13.0. The lowest BCUT2D eigenvalue weighted by Crippen LogP contribution is -2.21. The number of hydrogen-bond donors (Lipinski definition) is 1. The maximum atomic E-state index is 13.0. The fourth-order valence-corrected chi connectivity index (χ4v) is 4.99. The largest absolute Gasteiger partial charge is 0.294 e. The molecule has 2 aromatic rings. The van der Waals surface area contributed by atoms with Gasteiger partial charge in [-0.3, -0.25) is 9.89 Å². The molecule has 1 aromatic carbocycles. The van der Waals surface area contributed by atoms with E-state index in [1.807, 2.05) is 0 Å². The van der Waals surface area contributed by atoms with E-state index in [-0.39, 0.29) is 16.8 Å². The molecule has 3 nitrogen and oxygen atoms in total. The lowest BCUT2D eigenvalue weighted by Gasteiger charge is -2.16. The van der Waals surface area contributed by atoms with Crippen molar-refractivity contribution in [1.29, 1.82) is 0 Å². The van der Waals surface area contributed by atoms with Gasteiger partial charge in [0.05, 0.1) is 5.69 Å². The van der Waals surface area contributed by atoms with Crippen LogP contribution in [0.2, 0.25) is 0 Å². The quantitative estimate of drug-likeness (QED) is 0.850. The van der Waals surface area contributed by atoms with Crippen molar-refractivity contribution in [1.82, 2.24) is 9.78 Å². The summed E-state index contributed by atoms with van der Waals surface area (Å²) in [6.07, 6.45) is 3.55. The smallest absolute Gasteiger partial charge is 0.274 e. The number of benzene rings is 1. The van der Waals surface area contributed by atoms with Crippen LogP contribution in [0.25, 0.3) is 5.69 Å². The second-order valence-electron chi connectivity index (χ2n) is 6.79. The molecule has 2 saturated carbocycles. The first-order chi connectivity index (χ1) is 9.57. The van der Waals surface area contributed by atoms with Crippen LogP contribution in [0, 0.1) is 11.2 Å². The third-order valence-corrected chi connectivity index (χ3v) is 6.10. The van der Waals surface area contributed by atoms with Gasteiger partial charge in [0.1, 0.15) is 5.82 Å². The van der Waals surface area contributed by atoms with E-state index in [9.17, 15) is 9.18 Å². The molecule has 0 spiro atoms. The zero-order valence-electron chi connectivity index (χ0n) is 11.2. The molecule has 102 valence electrons. The Labute approximate surface area is 115 Å². The van der Waals surface area contributed by atoms with Crippen molar-refractivity contribution < 1.29 is 4.39 Å². The van der Waals surface area contributed by atoms with Gasteiger partial charge < -0.3 is 0 Å². The highest BCUT2D eigenvalue weighted by molar-refractivity contribution is 5.54. The van der Waals surface area contributed by atoms with E-state index in [4.69, 9.17) is 0 Å². The number of hydrogen-bond acceptors (Lipinski definition) is 1. The summed E-state index contributed by atoms with van der Waals surface area (Å²) in [4.78, 5) is 12.7. The Morgan fingerprint density at radius 2 is 2.10 bits per heavy atom. The van der Waals surface area contributed by atoms with Crippen molar-refractivity contribution in [3.8, 4) is 5.69 Å². The van der Waals surface area contributed by atoms with Crippen LogP contribution in [0.1, 0.15) is 43.4 Å². The summed E-state index contributed by atoms with van der Waals surface area (Å²) in [6.45, 7) is 2.32. The van der Waals surface area contributed by atoms with Crippen molar-refractivity contribution in [2.75, 3.05) is 0 Å². The van der Waals surface area contributed by atoms with Gasteiger partial charge in [-0.25, -0.2) is 9.07 Å². The molecule has 3 atom stereocenters. The highest BCUT2D eigenvalue weighted by Gasteiger charge is 2.78. The zero-order valence-corrected chi connectivity index (χ0v) is 11.2. The fraction of sp³-hybridized carbons (Fsp3) is 0.438. The van der Waals surface area contributed by atoms with Crippen molar-refractivity contribution >= 4 is 0 Å². The SMILES string of the molecule is CC12C[C@@]13CC[C@@H]2c1c3[nH]n(-c2ccc(F)cc2)c1=O. The molecule has 5 rings (SSSR count). The molecule has 1 aromatic heterocycles. The number of aromatic amines is 1. The number of nitrogens with one attached hydrogen (secondary N) is 1. The van der Waals surface area contributed by atoms with Crippen LogP contribution >= 0.6 is 0 Å². The summed E-state index contributed by atoms with van der Waals surface area (Å²) in [5.41, 5.74) is 3.49. The summed E-state index contributed by atoms with van der Waals surface area (Å²) in [6, 6.07) is 6.08. The van der Waals surface area contributed by atoms with Crippen LogP contribution < -0.4 is 5.56 Å².